The highest BCUT2D eigenvalue weighted by atomic mass is 35.5. The molecule has 0 spiro atoms. The molecule has 2 aromatic carbocycles. The molecule has 0 aliphatic rings. The van der Waals surface area contributed by atoms with Gasteiger partial charge in [0, 0.05) is 11.1 Å². The number of nitrogens with two attached hydrogens (primary N) is 1. The number of carbonyl (C=O) groups excluding carboxylic acids is 1. The molecule has 3 nitrogen and oxygen atoms in total. The summed E-state index contributed by atoms with van der Waals surface area (Å²) in [6.07, 6.45) is 0.0495. The molecular formula is C14H11ClF2N2O. The van der Waals surface area contributed by atoms with Crippen molar-refractivity contribution in [1.82, 2.24) is 0 Å². The molecular weight excluding hydrogens is 286 g/mol. The maximum absolute atomic E-state index is 13.5. The number of benzene rings is 2. The quantitative estimate of drug-likeness (QED) is 0.853. The molecule has 0 radical (unpaired) electrons. The van der Waals surface area contributed by atoms with Gasteiger partial charge in [0.05, 0.1) is 17.8 Å². The molecule has 0 heterocycles. The Morgan fingerprint density at radius 1 is 1.15 bits per heavy atom. The zero-order valence-electron chi connectivity index (χ0n) is 10.3. The first-order valence-electron chi connectivity index (χ1n) is 5.74. The van der Waals surface area contributed by atoms with Gasteiger partial charge in [0.25, 0.3) is 0 Å². The van der Waals surface area contributed by atoms with Gasteiger partial charge >= 0.3 is 0 Å². The number of halogens is 3. The Hall–Kier alpha value is -2.14. The van der Waals surface area contributed by atoms with Gasteiger partial charge in [-0.1, -0.05) is 23.7 Å². The van der Waals surface area contributed by atoms with Crippen molar-refractivity contribution in [3.05, 3.63) is 58.6 Å². The summed E-state index contributed by atoms with van der Waals surface area (Å²) in [5, 5.41) is 2.91. The number of nitrogen functional groups attached to an aromatic ring is 1. The first-order chi connectivity index (χ1) is 9.45. The Morgan fingerprint density at radius 2 is 1.80 bits per heavy atom. The summed E-state index contributed by atoms with van der Waals surface area (Å²) in [5.74, 6) is -2.17. The van der Waals surface area contributed by atoms with Gasteiger partial charge in [-0.25, -0.2) is 8.78 Å². The Bertz CT molecular complexity index is 644. The normalized spacial score (nSPS) is 10.3. The van der Waals surface area contributed by atoms with E-state index in [1.807, 2.05) is 0 Å². The highest BCUT2D eigenvalue weighted by Gasteiger charge is 2.11. The van der Waals surface area contributed by atoms with E-state index in [4.69, 9.17) is 17.3 Å². The smallest absolute Gasteiger partial charge is 0.228 e. The average Bonchev–Trinajstić information content (AvgIpc) is 2.39. The van der Waals surface area contributed by atoms with Crippen LogP contribution in [0.3, 0.4) is 0 Å². The van der Waals surface area contributed by atoms with Crippen molar-refractivity contribution in [1.29, 1.82) is 0 Å². The Morgan fingerprint density at radius 3 is 2.45 bits per heavy atom. The number of carbonyl (C=O) groups is 1. The van der Waals surface area contributed by atoms with Crippen LogP contribution in [0.15, 0.2) is 36.4 Å². The molecule has 0 atom stereocenters. The molecule has 0 saturated heterocycles. The van der Waals surface area contributed by atoms with Gasteiger partial charge in [-0.3, -0.25) is 4.79 Å². The molecule has 0 aliphatic carbocycles. The standard InChI is InChI=1S/C14H11ClF2N2O/c15-9-3-1-8(2-4-9)5-14(20)19-13-7-12(18)10(16)6-11(13)17/h1-4,6-7H,5,18H2,(H,19,20). The van der Waals surface area contributed by atoms with Crippen LogP contribution in [0.5, 0.6) is 0 Å². The van der Waals surface area contributed by atoms with E-state index in [0.29, 0.717) is 11.1 Å². The molecule has 1 amide bonds. The summed E-state index contributed by atoms with van der Waals surface area (Å²) in [7, 11) is 0. The van der Waals surface area contributed by atoms with Crippen LogP contribution in [0.25, 0.3) is 0 Å². The minimum atomic E-state index is -0.874. The molecule has 0 fully saturated rings. The summed E-state index contributed by atoms with van der Waals surface area (Å²) in [6.45, 7) is 0. The van der Waals surface area contributed by atoms with Crippen LogP contribution >= 0.6 is 11.6 Å². The number of hydrogen-bond acceptors (Lipinski definition) is 2. The molecule has 2 rings (SSSR count). The summed E-state index contributed by atoms with van der Waals surface area (Å²) < 4.78 is 26.4. The van der Waals surface area contributed by atoms with Gasteiger partial charge in [-0.05, 0) is 23.8 Å². The first-order valence-corrected chi connectivity index (χ1v) is 6.12. The van der Waals surface area contributed by atoms with Gasteiger partial charge in [0.15, 0.2) is 0 Å². The Balaban J connectivity index is 2.08. The molecule has 104 valence electrons. The topological polar surface area (TPSA) is 55.1 Å². The summed E-state index contributed by atoms with van der Waals surface area (Å²) in [6, 6.07) is 8.37. The van der Waals surface area contributed by atoms with Crippen molar-refractivity contribution >= 4 is 28.9 Å². The van der Waals surface area contributed by atoms with E-state index in [0.717, 1.165) is 11.6 Å². The minimum absolute atomic E-state index is 0.0495. The first kappa shape index (κ1) is 14.3. The van der Waals surface area contributed by atoms with E-state index < -0.39 is 17.5 Å². The molecule has 6 heteroatoms. The van der Waals surface area contributed by atoms with Crippen LogP contribution in [0, 0.1) is 11.6 Å². The lowest BCUT2D eigenvalue weighted by Crippen LogP contribution is -2.15. The maximum Gasteiger partial charge on any atom is 0.228 e. The van der Waals surface area contributed by atoms with Gasteiger partial charge in [-0.2, -0.15) is 0 Å². The van der Waals surface area contributed by atoms with Crippen molar-refractivity contribution in [2.45, 2.75) is 6.42 Å². The Kier molecular flexibility index (Phi) is 4.20. The highest BCUT2D eigenvalue weighted by molar-refractivity contribution is 6.30. The molecule has 0 saturated carbocycles. The van der Waals surface area contributed by atoms with Crippen molar-refractivity contribution < 1.29 is 13.6 Å². The van der Waals surface area contributed by atoms with E-state index in [1.54, 1.807) is 24.3 Å². The zero-order valence-corrected chi connectivity index (χ0v) is 11.0. The SMILES string of the molecule is Nc1cc(NC(=O)Cc2ccc(Cl)cc2)c(F)cc1F. The fourth-order valence-corrected chi connectivity index (χ4v) is 1.77. The third-order valence-electron chi connectivity index (χ3n) is 2.64. The lowest BCUT2D eigenvalue weighted by Gasteiger charge is -2.08. The van der Waals surface area contributed by atoms with Crippen LogP contribution < -0.4 is 11.1 Å². The number of anilines is 2. The van der Waals surface area contributed by atoms with Gasteiger partial charge in [-0.15, -0.1) is 0 Å². The molecule has 0 unspecified atom stereocenters. The van der Waals surface area contributed by atoms with Crippen LogP contribution in [-0.4, -0.2) is 5.91 Å². The number of hydrogen-bond donors (Lipinski definition) is 2. The van der Waals surface area contributed by atoms with Crippen LogP contribution in [-0.2, 0) is 11.2 Å². The molecule has 0 bridgehead atoms. The fourth-order valence-electron chi connectivity index (χ4n) is 1.64. The number of amides is 1. The van der Waals surface area contributed by atoms with E-state index in [2.05, 4.69) is 5.32 Å². The average molecular weight is 297 g/mol. The second-order valence-corrected chi connectivity index (χ2v) is 4.64. The second kappa shape index (κ2) is 5.88. The second-order valence-electron chi connectivity index (χ2n) is 4.20. The number of rotatable bonds is 3. The molecule has 3 N–H and O–H groups in total. The predicted octanol–water partition coefficient (Wildman–Crippen LogP) is 3.38. The Labute approximate surface area is 119 Å². The van der Waals surface area contributed by atoms with E-state index >= 15 is 0 Å². The summed E-state index contributed by atoms with van der Waals surface area (Å²) in [4.78, 5) is 11.8. The van der Waals surface area contributed by atoms with Crippen molar-refractivity contribution in [3.63, 3.8) is 0 Å². The minimum Gasteiger partial charge on any atom is -0.396 e. The monoisotopic (exact) mass is 296 g/mol. The summed E-state index contributed by atoms with van der Waals surface area (Å²) in [5.41, 5.74) is 5.67. The lowest BCUT2D eigenvalue weighted by atomic mass is 10.1. The van der Waals surface area contributed by atoms with Gasteiger partial charge in [0.2, 0.25) is 5.91 Å². The van der Waals surface area contributed by atoms with Crippen LogP contribution in [0.2, 0.25) is 5.02 Å². The zero-order chi connectivity index (χ0) is 14.7. The molecule has 20 heavy (non-hydrogen) atoms. The third-order valence-corrected chi connectivity index (χ3v) is 2.89. The lowest BCUT2D eigenvalue weighted by molar-refractivity contribution is -0.115. The van der Waals surface area contributed by atoms with Crippen molar-refractivity contribution in [2.75, 3.05) is 11.1 Å². The van der Waals surface area contributed by atoms with Crippen molar-refractivity contribution in [2.24, 2.45) is 0 Å². The van der Waals surface area contributed by atoms with Crippen molar-refractivity contribution in [3.8, 4) is 0 Å². The maximum atomic E-state index is 13.5. The molecule has 0 aromatic heterocycles. The van der Waals surface area contributed by atoms with E-state index in [9.17, 15) is 13.6 Å². The molecule has 2 aromatic rings. The largest absolute Gasteiger partial charge is 0.396 e. The number of nitrogens with one attached hydrogen (secondary N) is 1. The van der Waals surface area contributed by atoms with E-state index in [1.165, 1.54) is 0 Å². The van der Waals surface area contributed by atoms with Crippen LogP contribution in [0.1, 0.15) is 5.56 Å². The van der Waals surface area contributed by atoms with Gasteiger partial charge < -0.3 is 11.1 Å². The third kappa shape index (κ3) is 3.45. The predicted molar refractivity (Wildman–Crippen MR) is 74.6 cm³/mol. The fraction of sp³-hybridized carbons (Fsp3) is 0.0714. The summed E-state index contributed by atoms with van der Waals surface area (Å²) >= 11 is 5.73. The molecule has 0 aliphatic heterocycles. The van der Waals surface area contributed by atoms with E-state index in [-0.39, 0.29) is 17.8 Å². The van der Waals surface area contributed by atoms with Gasteiger partial charge in [0.1, 0.15) is 11.6 Å². The highest BCUT2D eigenvalue weighted by Crippen LogP contribution is 2.21. The van der Waals surface area contributed by atoms with Crippen LogP contribution in [0.4, 0.5) is 20.2 Å².